The lowest BCUT2D eigenvalue weighted by atomic mass is 10.2. The molecule has 0 saturated heterocycles. The molecule has 0 spiro atoms. The van der Waals surface area contributed by atoms with E-state index in [9.17, 15) is 4.79 Å². The Morgan fingerprint density at radius 1 is 1.56 bits per heavy atom. The first-order chi connectivity index (χ1) is 8.58. The molecule has 2 N–H and O–H groups in total. The topological polar surface area (TPSA) is 65.2 Å². The monoisotopic (exact) mass is 282 g/mol. The molecule has 0 unspecified atom stereocenters. The molecule has 0 atom stereocenters. The maximum atomic E-state index is 11.8. The van der Waals surface area contributed by atoms with Crippen molar-refractivity contribution in [1.29, 1.82) is 0 Å². The summed E-state index contributed by atoms with van der Waals surface area (Å²) < 4.78 is 5.13. The molecule has 4 nitrogen and oxygen atoms in total. The Morgan fingerprint density at radius 2 is 2.33 bits per heavy atom. The number of nitrogen functional groups attached to an aromatic ring is 1. The molecular formula is C12H11ClN2O2S. The van der Waals surface area contributed by atoms with Crippen molar-refractivity contribution < 1.29 is 9.53 Å². The van der Waals surface area contributed by atoms with E-state index in [2.05, 4.69) is 4.98 Å². The molecule has 1 aromatic heterocycles. The van der Waals surface area contributed by atoms with E-state index in [4.69, 9.17) is 22.1 Å². The normalized spacial score (nSPS) is 10.3. The van der Waals surface area contributed by atoms with Gasteiger partial charge in [-0.3, -0.25) is 0 Å². The third-order valence-corrected chi connectivity index (χ3v) is 3.51. The molecule has 0 aliphatic heterocycles. The van der Waals surface area contributed by atoms with Gasteiger partial charge in [0.05, 0.1) is 27.0 Å². The van der Waals surface area contributed by atoms with E-state index in [0.29, 0.717) is 5.69 Å². The third-order valence-electron chi connectivity index (χ3n) is 2.27. The number of nitrogens with zero attached hydrogens (tertiary/aromatic N) is 1. The average molecular weight is 283 g/mol. The predicted molar refractivity (Wildman–Crippen MR) is 71.8 cm³/mol. The van der Waals surface area contributed by atoms with Crippen LogP contribution in [0, 0.1) is 6.92 Å². The van der Waals surface area contributed by atoms with Crippen LogP contribution in [0.3, 0.4) is 0 Å². The number of esters is 1. The maximum Gasteiger partial charge on any atom is 0.340 e. The highest BCUT2D eigenvalue weighted by Gasteiger charge is 2.14. The number of aryl methyl sites for hydroxylation is 1. The molecule has 0 bridgehead atoms. The van der Waals surface area contributed by atoms with Gasteiger partial charge in [0.1, 0.15) is 6.61 Å². The second-order valence-electron chi connectivity index (χ2n) is 3.64. The second-order valence-corrected chi connectivity index (χ2v) is 5.08. The number of aromatic nitrogens is 1. The Morgan fingerprint density at radius 3 is 3.00 bits per heavy atom. The fourth-order valence-electron chi connectivity index (χ4n) is 1.40. The van der Waals surface area contributed by atoms with E-state index in [0.717, 1.165) is 10.7 Å². The number of anilines is 1. The Bertz CT molecular complexity index is 583. The van der Waals surface area contributed by atoms with Crippen molar-refractivity contribution in [3.63, 3.8) is 0 Å². The van der Waals surface area contributed by atoms with Crippen LogP contribution in [0.1, 0.15) is 21.1 Å². The molecule has 18 heavy (non-hydrogen) atoms. The Hall–Kier alpha value is -1.59. The van der Waals surface area contributed by atoms with E-state index in [1.807, 2.05) is 12.3 Å². The molecule has 6 heteroatoms. The molecule has 2 aromatic rings. The van der Waals surface area contributed by atoms with Gasteiger partial charge in [0.2, 0.25) is 0 Å². The lowest BCUT2D eigenvalue weighted by molar-refractivity contribution is 0.0468. The van der Waals surface area contributed by atoms with Crippen molar-refractivity contribution in [2.24, 2.45) is 0 Å². The van der Waals surface area contributed by atoms with E-state index >= 15 is 0 Å². The zero-order valence-electron chi connectivity index (χ0n) is 9.64. The van der Waals surface area contributed by atoms with Gasteiger partial charge in [-0.15, -0.1) is 11.3 Å². The van der Waals surface area contributed by atoms with Crippen molar-refractivity contribution in [2.75, 3.05) is 5.73 Å². The van der Waals surface area contributed by atoms with Crippen molar-refractivity contribution in [1.82, 2.24) is 4.98 Å². The van der Waals surface area contributed by atoms with Crippen molar-refractivity contribution in [2.45, 2.75) is 13.5 Å². The Kier molecular flexibility index (Phi) is 3.84. The minimum absolute atomic E-state index is 0.133. The van der Waals surface area contributed by atoms with Gasteiger partial charge >= 0.3 is 5.97 Å². The number of carbonyl (C=O) groups excluding carboxylic acids is 1. The van der Waals surface area contributed by atoms with Gasteiger partial charge in [-0.1, -0.05) is 17.7 Å². The third kappa shape index (κ3) is 2.80. The van der Waals surface area contributed by atoms with Crippen LogP contribution in [-0.4, -0.2) is 11.0 Å². The van der Waals surface area contributed by atoms with Crippen LogP contribution in [0.15, 0.2) is 23.6 Å². The largest absolute Gasteiger partial charge is 0.456 e. The predicted octanol–water partition coefficient (Wildman–Crippen LogP) is 3.04. The van der Waals surface area contributed by atoms with Crippen LogP contribution in [0.25, 0.3) is 0 Å². The van der Waals surface area contributed by atoms with Crippen LogP contribution in [0.2, 0.25) is 5.02 Å². The SMILES string of the molecule is Cc1nc(COC(=O)c2cccc(N)c2Cl)cs1. The molecule has 0 aliphatic carbocycles. The molecule has 2 rings (SSSR count). The summed E-state index contributed by atoms with van der Waals surface area (Å²) >= 11 is 7.44. The minimum atomic E-state index is -0.502. The second kappa shape index (κ2) is 5.37. The van der Waals surface area contributed by atoms with Gasteiger partial charge in [-0.05, 0) is 19.1 Å². The summed E-state index contributed by atoms with van der Waals surface area (Å²) in [7, 11) is 0. The Balaban J connectivity index is 2.06. The molecule has 94 valence electrons. The molecule has 0 fully saturated rings. The lowest BCUT2D eigenvalue weighted by Gasteiger charge is -2.06. The first kappa shape index (κ1) is 12.9. The number of carbonyl (C=O) groups is 1. The molecule has 1 heterocycles. The number of ether oxygens (including phenoxy) is 1. The van der Waals surface area contributed by atoms with Crippen molar-refractivity contribution in [3.05, 3.63) is 44.9 Å². The van der Waals surface area contributed by atoms with Gasteiger partial charge in [-0.25, -0.2) is 9.78 Å². The fraction of sp³-hybridized carbons (Fsp3) is 0.167. The molecule has 0 aliphatic rings. The highest BCUT2D eigenvalue weighted by atomic mass is 35.5. The number of benzene rings is 1. The zero-order valence-corrected chi connectivity index (χ0v) is 11.2. The molecule has 0 radical (unpaired) electrons. The highest BCUT2D eigenvalue weighted by Crippen LogP contribution is 2.24. The van der Waals surface area contributed by atoms with Gasteiger partial charge in [0, 0.05) is 5.38 Å². The number of halogens is 1. The van der Waals surface area contributed by atoms with Crippen molar-refractivity contribution in [3.8, 4) is 0 Å². The summed E-state index contributed by atoms with van der Waals surface area (Å²) in [4.78, 5) is 16.0. The molecule has 0 amide bonds. The number of hydrogen-bond donors (Lipinski definition) is 1. The Labute approximate surface area is 113 Å². The summed E-state index contributed by atoms with van der Waals surface area (Å²) in [6, 6.07) is 4.86. The molecule has 0 saturated carbocycles. The first-order valence-electron chi connectivity index (χ1n) is 5.20. The van der Waals surface area contributed by atoms with E-state index in [1.165, 1.54) is 11.3 Å². The van der Waals surface area contributed by atoms with Gasteiger partial charge in [0.15, 0.2) is 0 Å². The number of rotatable bonds is 3. The van der Waals surface area contributed by atoms with E-state index < -0.39 is 5.97 Å². The van der Waals surface area contributed by atoms with E-state index in [-0.39, 0.29) is 17.2 Å². The van der Waals surface area contributed by atoms with Gasteiger partial charge in [-0.2, -0.15) is 0 Å². The first-order valence-corrected chi connectivity index (χ1v) is 6.46. The zero-order chi connectivity index (χ0) is 13.1. The van der Waals surface area contributed by atoms with Crippen LogP contribution < -0.4 is 5.73 Å². The van der Waals surface area contributed by atoms with E-state index in [1.54, 1.807) is 18.2 Å². The summed E-state index contributed by atoms with van der Waals surface area (Å²) in [6.45, 7) is 2.03. The number of hydrogen-bond acceptors (Lipinski definition) is 5. The summed E-state index contributed by atoms with van der Waals surface area (Å²) in [5.41, 5.74) is 6.97. The summed E-state index contributed by atoms with van der Waals surface area (Å²) in [6.07, 6.45) is 0. The van der Waals surface area contributed by atoms with Crippen LogP contribution >= 0.6 is 22.9 Å². The van der Waals surface area contributed by atoms with Crippen LogP contribution in [0.5, 0.6) is 0 Å². The lowest BCUT2D eigenvalue weighted by Crippen LogP contribution is -2.07. The molecular weight excluding hydrogens is 272 g/mol. The number of thiazole rings is 1. The van der Waals surface area contributed by atoms with Gasteiger partial charge in [0.25, 0.3) is 0 Å². The smallest absolute Gasteiger partial charge is 0.340 e. The summed E-state index contributed by atoms with van der Waals surface area (Å²) in [5.74, 6) is -0.502. The standard InChI is InChI=1S/C12H11ClN2O2S/c1-7-15-8(6-18-7)5-17-12(16)9-3-2-4-10(14)11(9)13/h2-4,6H,5,14H2,1H3. The minimum Gasteiger partial charge on any atom is -0.456 e. The maximum absolute atomic E-state index is 11.8. The van der Waals surface area contributed by atoms with Crippen LogP contribution in [0.4, 0.5) is 5.69 Å². The molecule has 1 aromatic carbocycles. The number of nitrogens with two attached hydrogens (primary N) is 1. The highest BCUT2D eigenvalue weighted by molar-refractivity contribution is 7.09. The van der Waals surface area contributed by atoms with Crippen molar-refractivity contribution >= 4 is 34.6 Å². The average Bonchev–Trinajstić information content (AvgIpc) is 2.76. The quantitative estimate of drug-likeness (QED) is 0.694. The fourth-order valence-corrected chi connectivity index (χ4v) is 2.20. The van der Waals surface area contributed by atoms with Gasteiger partial charge < -0.3 is 10.5 Å². The summed E-state index contributed by atoms with van der Waals surface area (Å²) in [5, 5.41) is 3.00. The van der Waals surface area contributed by atoms with Crippen LogP contribution in [-0.2, 0) is 11.3 Å².